The first-order valence-electron chi connectivity index (χ1n) is 20.5. The first-order valence-corrected chi connectivity index (χ1v) is 20.5. The van der Waals surface area contributed by atoms with Gasteiger partial charge in [0.25, 0.3) is 0 Å². The summed E-state index contributed by atoms with van der Waals surface area (Å²) in [7, 11) is 3.16. The third kappa shape index (κ3) is 12.0. The largest absolute Gasteiger partial charge is 0.497 e. The van der Waals surface area contributed by atoms with Crippen molar-refractivity contribution in [1.82, 2.24) is 20.2 Å². The number of hydrogen-bond donors (Lipinski definition) is 1. The molecule has 14 nitrogen and oxygen atoms in total. The van der Waals surface area contributed by atoms with E-state index in [1.165, 1.54) is 0 Å². The summed E-state index contributed by atoms with van der Waals surface area (Å²) >= 11 is 0. The lowest BCUT2D eigenvalue weighted by Gasteiger charge is -2.36. The lowest BCUT2D eigenvalue weighted by atomic mass is 10.0. The number of Topliss-reactive ketones (excluding diaryl/α,β-unsaturated/α-hetero) is 1. The summed E-state index contributed by atoms with van der Waals surface area (Å²) < 4.78 is 22.0. The van der Waals surface area contributed by atoms with Crippen LogP contribution < -0.4 is 29.5 Å². The van der Waals surface area contributed by atoms with Gasteiger partial charge in [0.1, 0.15) is 28.9 Å². The maximum Gasteiger partial charge on any atom is 0.330 e. The van der Waals surface area contributed by atoms with Crippen molar-refractivity contribution in [2.24, 2.45) is 0 Å². The first kappa shape index (κ1) is 43.0. The molecule has 4 aromatic rings. The van der Waals surface area contributed by atoms with Gasteiger partial charge < -0.3 is 29.2 Å². The molecule has 0 aliphatic carbocycles. The molecule has 0 atom stereocenters. The Hall–Kier alpha value is -5.57. The van der Waals surface area contributed by atoms with Gasteiger partial charge in [-0.15, -0.1) is 0 Å². The third-order valence-electron chi connectivity index (χ3n) is 10.4. The number of ketones is 1. The van der Waals surface area contributed by atoms with Gasteiger partial charge in [0.15, 0.2) is 0 Å². The summed E-state index contributed by atoms with van der Waals surface area (Å²) in [5.41, 5.74) is 5.47. The Morgan fingerprint density at radius 3 is 2.10 bits per heavy atom. The van der Waals surface area contributed by atoms with Crippen LogP contribution in [-0.2, 0) is 45.0 Å². The van der Waals surface area contributed by atoms with E-state index in [1.807, 2.05) is 49.5 Å². The molecule has 0 radical (unpaired) electrons. The molecule has 59 heavy (non-hydrogen) atoms. The van der Waals surface area contributed by atoms with Crippen LogP contribution in [0.1, 0.15) is 54.8 Å². The summed E-state index contributed by atoms with van der Waals surface area (Å²) in [5, 5.41) is 2.95. The van der Waals surface area contributed by atoms with Gasteiger partial charge in [-0.25, -0.2) is 14.8 Å². The second kappa shape index (κ2) is 21.4. The van der Waals surface area contributed by atoms with Gasteiger partial charge in [-0.05, 0) is 35.2 Å². The number of hydrogen-bond acceptors (Lipinski definition) is 11. The highest BCUT2D eigenvalue weighted by Crippen LogP contribution is 2.35. The number of urea groups is 1. The summed E-state index contributed by atoms with van der Waals surface area (Å²) in [5.74, 6) is 2.52. The molecule has 3 heterocycles. The van der Waals surface area contributed by atoms with Crippen LogP contribution in [0.5, 0.6) is 11.5 Å². The third-order valence-corrected chi connectivity index (χ3v) is 10.4. The number of piperazine rings is 1. The number of nitrogens with one attached hydrogen (secondary N) is 1. The Morgan fingerprint density at radius 2 is 1.44 bits per heavy atom. The van der Waals surface area contributed by atoms with Crippen LogP contribution >= 0.6 is 0 Å². The molecular formula is C45H57N7O7. The Balaban J connectivity index is 1.09. The van der Waals surface area contributed by atoms with E-state index in [0.29, 0.717) is 81.0 Å². The van der Waals surface area contributed by atoms with E-state index in [0.717, 1.165) is 67.1 Å². The molecule has 314 valence electrons. The number of anilines is 3. The zero-order valence-electron chi connectivity index (χ0n) is 34.8. The molecule has 0 spiro atoms. The molecule has 1 N–H and O–H groups in total. The molecule has 2 aliphatic heterocycles. The van der Waals surface area contributed by atoms with E-state index < -0.39 is 0 Å². The predicted molar refractivity (Wildman–Crippen MR) is 228 cm³/mol. The van der Waals surface area contributed by atoms with Gasteiger partial charge in [-0.3, -0.25) is 24.3 Å². The lowest BCUT2D eigenvalue weighted by Crippen LogP contribution is -2.49. The number of methoxy groups -OCH3 is 2. The number of ether oxygens (including phenoxy) is 4. The molecular weight excluding hydrogens is 751 g/mol. The van der Waals surface area contributed by atoms with Gasteiger partial charge in [0, 0.05) is 94.2 Å². The minimum atomic E-state index is -0.234. The number of aromatic nitrogens is 2. The molecule has 3 amide bonds. The fraction of sp³-hybridized carbons (Fsp3) is 0.444. The number of nitrogens with zero attached hydrogens (tertiary/aromatic N) is 6. The van der Waals surface area contributed by atoms with E-state index in [4.69, 9.17) is 28.9 Å². The average molecular weight is 808 g/mol. The van der Waals surface area contributed by atoms with Crippen molar-refractivity contribution in [2.45, 2.75) is 52.6 Å². The smallest absolute Gasteiger partial charge is 0.330 e. The monoisotopic (exact) mass is 807 g/mol. The first-order chi connectivity index (χ1) is 28.8. The molecule has 0 bridgehead atoms. The molecule has 0 unspecified atom stereocenters. The van der Waals surface area contributed by atoms with Gasteiger partial charge in [0.2, 0.25) is 5.91 Å². The van der Waals surface area contributed by atoms with Gasteiger partial charge >= 0.3 is 6.03 Å². The highest BCUT2D eigenvalue weighted by Gasteiger charge is 2.34. The van der Waals surface area contributed by atoms with Crippen LogP contribution in [0.25, 0.3) is 0 Å². The Bertz CT molecular complexity index is 1980. The van der Waals surface area contributed by atoms with Crippen LogP contribution in [-0.4, -0.2) is 113 Å². The maximum absolute atomic E-state index is 14.4. The van der Waals surface area contributed by atoms with E-state index in [9.17, 15) is 14.4 Å². The van der Waals surface area contributed by atoms with E-state index in [2.05, 4.69) is 46.3 Å². The standard InChI is InChI=1S/C45H57N7O7/c1-5-20-58-22-23-59-21-15-46-43(54)32-49-16-18-50(19-17-49)37-13-11-34(12-14-37)25-42-47-29-36-31-51(38-26-40(56-3)28-41(27-38)57-4)45(55)52(44(36)48-42)30-35-9-7-33(8-10-35)24-39(53)6-2/h7-14,26-29H,5-6,15-25,30-32H2,1-4H3,(H,46,54). The van der Waals surface area contributed by atoms with E-state index in [-0.39, 0.29) is 30.8 Å². The van der Waals surface area contributed by atoms with Gasteiger partial charge in [0.05, 0.1) is 59.4 Å². The summed E-state index contributed by atoms with van der Waals surface area (Å²) in [6, 6.07) is 21.4. The second-order valence-electron chi connectivity index (χ2n) is 14.7. The highest BCUT2D eigenvalue weighted by molar-refractivity contribution is 6.05. The molecule has 6 rings (SSSR count). The summed E-state index contributed by atoms with van der Waals surface area (Å²) in [4.78, 5) is 56.6. The van der Waals surface area contributed by atoms with Crippen molar-refractivity contribution in [2.75, 3.05) is 94.6 Å². The molecule has 0 saturated carbocycles. The van der Waals surface area contributed by atoms with Crippen LogP contribution in [0.15, 0.2) is 72.9 Å². The van der Waals surface area contributed by atoms with Crippen LogP contribution in [0.3, 0.4) is 0 Å². The second-order valence-corrected chi connectivity index (χ2v) is 14.7. The molecule has 1 fully saturated rings. The topological polar surface area (TPSA) is 139 Å². The van der Waals surface area contributed by atoms with Crippen molar-refractivity contribution < 1.29 is 33.3 Å². The zero-order valence-corrected chi connectivity index (χ0v) is 34.8. The quantitative estimate of drug-likeness (QED) is 0.108. The molecule has 1 saturated heterocycles. The number of fused-ring (bicyclic) bond motifs is 1. The Morgan fingerprint density at radius 1 is 0.780 bits per heavy atom. The number of rotatable bonds is 21. The maximum atomic E-state index is 14.4. The van der Waals surface area contributed by atoms with Crippen molar-refractivity contribution in [1.29, 1.82) is 0 Å². The van der Waals surface area contributed by atoms with E-state index >= 15 is 0 Å². The van der Waals surface area contributed by atoms with Crippen molar-refractivity contribution >= 4 is 34.9 Å². The fourth-order valence-corrected chi connectivity index (χ4v) is 7.09. The summed E-state index contributed by atoms with van der Waals surface area (Å²) in [6.07, 6.45) is 4.17. The van der Waals surface area contributed by atoms with E-state index in [1.54, 1.807) is 30.1 Å². The SMILES string of the molecule is CCCOCCOCCNC(=O)CN1CCN(c2ccc(Cc3ncc4c(n3)N(Cc3ccc(CC(=O)CC)cc3)C(=O)N(c3cc(OC)cc(OC)c3)C4)cc2)CC1. The molecule has 1 aromatic heterocycles. The van der Waals surface area contributed by atoms with Gasteiger partial charge in [-0.1, -0.05) is 50.2 Å². The minimum absolute atomic E-state index is 0.00979. The highest BCUT2D eigenvalue weighted by atomic mass is 16.5. The minimum Gasteiger partial charge on any atom is -0.497 e. The normalized spacial score (nSPS) is 14.3. The zero-order chi connectivity index (χ0) is 41.6. The summed E-state index contributed by atoms with van der Waals surface area (Å²) in [6.45, 7) is 10.9. The molecule has 2 aliphatic rings. The van der Waals surface area contributed by atoms with Crippen molar-refractivity contribution in [3.05, 3.63) is 101 Å². The number of amides is 3. The number of carbonyl (C=O) groups is 3. The molecule has 14 heteroatoms. The average Bonchev–Trinajstić information content (AvgIpc) is 3.26. The van der Waals surface area contributed by atoms with Gasteiger partial charge in [-0.2, -0.15) is 0 Å². The molecule has 3 aromatic carbocycles. The Kier molecular flexibility index (Phi) is 15.6. The van der Waals surface area contributed by atoms with Crippen molar-refractivity contribution in [3.63, 3.8) is 0 Å². The number of carbonyl (C=O) groups excluding carboxylic acids is 3. The van der Waals surface area contributed by atoms with Crippen LogP contribution in [0, 0.1) is 0 Å². The lowest BCUT2D eigenvalue weighted by molar-refractivity contribution is -0.122. The Labute approximate surface area is 347 Å². The number of benzene rings is 3. The van der Waals surface area contributed by atoms with Crippen LogP contribution in [0.2, 0.25) is 0 Å². The predicted octanol–water partition coefficient (Wildman–Crippen LogP) is 5.43. The fourth-order valence-electron chi connectivity index (χ4n) is 7.09. The van der Waals surface area contributed by atoms with Crippen LogP contribution in [0.4, 0.5) is 22.0 Å². The van der Waals surface area contributed by atoms with Crippen molar-refractivity contribution in [3.8, 4) is 11.5 Å².